The van der Waals surface area contributed by atoms with Crippen molar-refractivity contribution in [2.24, 2.45) is 5.92 Å². The first-order valence-electron chi connectivity index (χ1n) is 13.5. The minimum atomic E-state index is -0.935. The van der Waals surface area contributed by atoms with Crippen LogP contribution in [0.3, 0.4) is 0 Å². The molecule has 0 saturated carbocycles. The molecule has 46 heavy (non-hydrogen) atoms. The Labute approximate surface area is 271 Å². The average molecular weight is 669 g/mol. The van der Waals surface area contributed by atoms with Crippen LogP contribution in [0.4, 0.5) is 0 Å². The predicted octanol–water partition coefficient (Wildman–Crippen LogP) is 2.74. The van der Waals surface area contributed by atoms with Crippen LogP contribution < -0.4 is 0 Å². The molecule has 15 nitrogen and oxygen atoms in total. The summed E-state index contributed by atoms with van der Waals surface area (Å²) in [5.41, 5.74) is 0.880. The highest BCUT2D eigenvalue weighted by Gasteiger charge is 2.03. The maximum Gasteiger partial charge on any atom is 0.330 e. The number of hydrogen-bond donors (Lipinski definition) is 10. The summed E-state index contributed by atoms with van der Waals surface area (Å²) in [6.45, 7) is 23.7. The molecule has 0 rings (SSSR count). The van der Waals surface area contributed by atoms with Gasteiger partial charge in [-0.15, -0.1) is 0 Å². The summed E-state index contributed by atoms with van der Waals surface area (Å²) >= 11 is 0. The summed E-state index contributed by atoms with van der Waals surface area (Å²) < 4.78 is 0. The van der Waals surface area contributed by atoms with E-state index in [1.54, 1.807) is 0 Å². The van der Waals surface area contributed by atoms with Crippen molar-refractivity contribution in [3.8, 4) is 0 Å². The highest BCUT2D eigenvalue weighted by molar-refractivity contribution is 5.86. The third kappa shape index (κ3) is 77.5. The van der Waals surface area contributed by atoms with E-state index in [1.165, 1.54) is 34.6 Å². The molecule has 0 saturated heterocycles. The van der Waals surface area contributed by atoms with Crippen molar-refractivity contribution in [2.45, 2.75) is 66.7 Å². The Balaban J connectivity index is -0.0000000776. The van der Waals surface area contributed by atoms with Crippen molar-refractivity contribution in [2.75, 3.05) is 33.0 Å². The number of aliphatic carboxylic acids is 5. The van der Waals surface area contributed by atoms with Gasteiger partial charge in [0.25, 0.3) is 0 Å². The number of hydrogen-bond acceptors (Lipinski definition) is 10. The lowest BCUT2D eigenvalue weighted by Crippen LogP contribution is -2.11. The molecule has 0 aromatic rings. The minimum absolute atomic E-state index is 0.0104. The first-order valence-corrected chi connectivity index (χ1v) is 13.5. The molecule has 0 fully saturated rings. The number of carboxylic acid groups (broad SMARTS) is 5. The van der Waals surface area contributed by atoms with Gasteiger partial charge >= 0.3 is 29.8 Å². The molecule has 0 spiro atoms. The van der Waals surface area contributed by atoms with Gasteiger partial charge in [-0.2, -0.15) is 0 Å². The molecule has 0 amide bonds. The van der Waals surface area contributed by atoms with Gasteiger partial charge in [-0.25, -0.2) is 24.0 Å². The molecular weight excluding hydrogens is 612 g/mol. The lowest BCUT2D eigenvalue weighted by atomic mass is 10.1. The van der Waals surface area contributed by atoms with E-state index in [4.69, 9.17) is 51.1 Å². The van der Waals surface area contributed by atoms with E-state index in [0.717, 1.165) is 19.3 Å². The Morgan fingerprint density at radius 3 is 0.696 bits per heavy atom. The van der Waals surface area contributed by atoms with Gasteiger partial charge in [0.2, 0.25) is 0 Å². The van der Waals surface area contributed by atoms with Gasteiger partial charge in [0.15, 0.2) is 0 Å². The zero-order chi connectivity index (χ0) is 38.4. The number of carboxylic acids is 5. The summed E-state index contributed by atoms with van der Waals surface area (Å²) in [5.74, 6) is -4.72. The van der Waals surface area contributed by atoms with Crippen LogP contribution in [-0.2, 0) is 24.0 Å². The van der Waals surface area contributed by atoms with Crippen LogP contribution >= 0.6 is 0 Å². The van der Waals surface area contributed by atoms with Gasteiger partial charge in [-0.1, -0.05) is 32.9 Å². The fourth-order valence-corrected chi connectivity index (χ4v) is 1.02. The van der Waals surface area contributed by atoms with Crippen LogP contribution in [0.2, 0.25) is 0 Å². The molecule has 0 atom stereocenters. The highest BCUT2D eigenvalue weighted by atomic mass is 16.4. The van der Waals surface area contributed by atoms with Crippen molar-refractivity contribution in [1.82, 2.24) is 0 Å². The highest BCUT2D eigenvalue weighted by Crippen LogP contribution is 2.02. The second kappa shape index (κ2) is 43.0. The molecular formula is C31H56O15. The van der Waals surface area contributed by atoms with E-state index in [-0.39, 0.29) is 66.8 Å². The van der Waals surface area contributed by atoms with Crippen LogP contribution in [0.15, 0.2) is 60.8 Å². The molecule has 0 aliphatic carbocycles. The normalized spacial score (nSPS) is 8.41. The summed E-state index contributed by atoms with van der Waals surface area (Å²) in [6, 6.07) is 0. The SMILES string of the molecule is C=C(C)C(=O)O.C=C(C)C(=O)O.C=C(C)C(=O)O.C=C(C)C(=O)O.C=C(C)C(=O)O.OCCCC(CO)CO.OCCCCCO. The van der Waals surface area contributed by atoms with Crippen LogP contribution in [0.25, 0.3) is 0 Å². The maximum atomic E-state index is 9.60. The summed E-state index contributed by atoms with van der Waals surface area (Å²) in [5, 5.41) is 81.2. The number of aliphatic hydroxyl groups is 5. The smallest absolute Gasteiger partial charge is 0.330 e. The van der Waals surface area contributed by atoms with Gasteiger partial charge in [0.1, 0.15) is 0 Å². The van der Waals surface area contributed by atoms with Crippen molar-refractivity contribution in [3.05, 3.63) is 60.8 Å². The third-order valence-corrected chi connectivity index (χ3v) is 3.93. The fraction of sp³-hybridized carbons (Fsp3) is 0.516. The molecule has 10 N–H and O–H groups in total. The molecule has 0 heterocycles. The van der Waals surface area contributed by atoms with Crippen LogP contribution in [-0.4, -0.2) is 114 Å². The van der Waals surface area contributed by atoms with Gasteiger partial charge in [-0.05, 0) is 66.7 Å². The van der Waals surface area contributed by atoms with Crippen LogP contribution in [0.5, 0.6) is 0 Å². The Morgan fingerprint density at radius 1 is 0.413 bits per heavy atom. The molecule has 0 aromatic carbocycles. The molecule has 0 bridgehead atoms. The van der Waals surface area contributed by atoms with Crippen molar-refractivity contribution in [3.63, 3.8) is 0 Å². The topological polar surface area (TPSA) is 288 Å². The lowest BCUT2D eigenvalue weighted by molar-refractivity contribution is -0.133. The van der Waals surface area contributed by atoms with Gasteiger partial charge in [0.05, 0.1) is 0 Å². The van der Waals surface area contributed by atoms with E-state index in [1.807, 2.05) is 0 Å². The molecule has 0 unspecified atom stereocenters. The second-order valence-corrected chi connectivity index (χ2v) is 9.03. The zero-order valence-electron chi connectivity index (χ0n) is 27.7. The summed E-state index contributed by atoms with van der Waals surface area (Å²) in [6.07, 6.45) is 3.93. The Bertz CT molecular complexity index is 698. The maximum absolute atomic E-state index is 9.60. The van der Waals surface area contributed by atoms with E-state index in [2.05, 4.69) is 32.9 Å². The number of unbranched alkanes of at least 4 members (excludes halogenated alkanes) is 2. The van der Waals surface area contributed by atoms with E-state index in [9.17, 15) is 24.0 Å². The largest absolute Gasteiger partial charge is 0.478 e. The fourth-order valence-electron chi connectivity index (χ4n) is 1.02. The lowest BCUT2D eigenvalue weighted by Gasteiger charge is -2.07. The first-order chi connectivity index (χ1) is 21.0. The second-order valence-electron chi connectivity index (χ2n) is 9.03. The standard InChI is InChI=1S/C6H14O3.C5H12O2.5C4H6O2/c7-3-1-2-6(4-8)5-9;6-4-2-1-3-5-7;5*1-3(2)4(5)6/h6-9H,1-5H2;6-7H,1-5H2;5*1H2,2H3,(H,5,6). The quantitative estimate of drug-likeness (QED) is 0.0940. The van der Waals surface area contributed by atoms with Crippen LogP contribution in [0, 0.1) is 5.92 Å². The Kier molecular flexibility index (Phi) is 53.7. The molecule has 0 radical (unpaired) electrons. The molecule has 0 aromatic heterocycles. The third-order valence-electron chi connectivity index (χ3n) is 3.93. The van der Waals surface area contributed by atoms with Crippen molar-refractivity contribution in [1.29, 1.82) is 0 Å². The number of aliphatic hydroxyl groups excluding tert-OH is 5. The van der Waals surface area contributed by atoms with Gasteiger partial charge in [0, 0.05) is 66.8 Å². The van der Waals surface area contributed by atoms with E-state index >= 15 is 0 Å². The van der Waals surface area contributed by atoms with Gasteiger partial charge in [-0.3, -0.25) is 0 Å². The molecule has 0 aliphatic rings. The van der Waals surface area contributed by atoms with Crippen molar-refractivity contribution < 1.29 is 75.0 Å². The van der Waals surface area contributed by atoms with Crippen LogP contribution in [0.1, 0.15) is 66.7 Å². The van der Waals surface area contributed by atoms with Crippen molar-refractivity contribution >= 4 is 29.8 Å². The predicted molar refractivity (Wildman–Crippen MR) is 174 cm³/mol. The summed E-state index contributed by atoms with van der Waals surface area (Å²) in [4.78, 5) is 48.0. The number of carbonyl (C=O) groups is 5. The first kappa shape index (κ1) is 57.5. The number of rotatable bonds is 14. The monoisotopic (exact) mass is 668 g/mol. The summed E-state index contributed by atoms with van der Waals surface area (Å²) in [7, 11) is 0. The Morgan fingerprint density at radius 2 is 0.587 bits per heavy atom. The zero-order valence-corrected chi connectivity index (χ0v) is 27.7. The van der Waals surface area contributed by atoms with E-state index in [0.29, 0.717) is 12.8 Å². The van der Waals surface area contributed by atoms with E-state index < -0.39 is 29.8 Å². The average Bonchev–Trinajstić information content (AvgIpc) is 2.95. The molecule has 15 heteroatoms. The molecule has 270 valence electrons. The molecule has 0 aliphatic heterocycles. The Hall–Kier alpha value is -4.15. The van der Waals surface area contributed by atoms with Gasteiger partial charge < -0.3 is 51.1 Å². The minimum Gasteiger partial charge on any atom is -0.478 e.